The predicted octanol–water partition coefficient (Wildman–Crippen LogP) is 5.26. The van der Waals surface area contributed by atoms with Gasteiger partial charge in [0.15, 0.2) is 5.76 Å². The first-order chi connectivity index (χ1) is 15.0. The van der Waals surface area contributed by atoms with Crippen molar-refractivity contribution in [2.75, 3.05) is 4.72 Å². The fraction of sp³-hybridized carbons (Fsp3) is 0.0435. The van der Waals surface area contributed by atoms with Crippen LogP contribution >= 0.6 is 0 Å². The first-order valence-electron chi connectivity index (χ1n) is 9.52. The predicted molar refractivity (Wildman–Crippen MR) is 117 cm³/mol. The summed E-state index contributed by atoms with van der Waals surface area (Å²) < 4.78 is 39.5. The molecule has 0 saturated heterocycles. The highest BCUT2D eigenvalue weighted by atomic mass is 32.2. The normalized spacial score (nSPS) is 11.6. The molecule has 2 heterocycles. The van der Waals surface area contributed by atoms with E-state index >= 15 is 0 Å². The molecule has 0 bridgehead atoms. The first-order valence-corrected chi connectivity index (χ1v) is 11.0. The number of nitrogens with zero attached hydrogens (tertiary/aromatic N) is 2. The smallest absolute Gasteiger partial charge is 0.294 e. The van der Waals surface area contributed by atoms with E-state index in [1.807, 2.05) is 43.3 Å². The average Bonchev–Trinajstić information content (AvgIpc) is 3.40. The summed E-state index contributed by atoms with van der Waals surface area (Å²) in [5, 5.41) is 4.68. The van der Waals surface area contributed by atoms with E-state index in [1.54, 1.807) is 36.4 Å². The molecule has 0 aliphatic heterocycles. The Hall–Kier alpha value is -3.91. The van der Waals surface area contributed by atoms with Gasteiger partial charge in [-0.2, -0.15) is 4.98 Å². The van der Waals surface area contributed by atoms with E-state index in [9.17, 15) is 8.42 Å². The van der Waals surface area contributed by atoms with E-state index < -0.39 is 10.0 Å². The van der Waals surface area contributed by atoms with E-state index in [-0.39, 0.29) is 10.8 Å². The minimum Gasteiger partial charge on any atom is -0.451 e. The maximum absolute atomic E-state index is 12.8. The van der Waals surface area contributed by atoms with Crippen molar-refractivity contribution in [3.8, 4) is 23.0 Å². The second kappa shape index (κ2) is 7.41. The maximum atomic E-state index is 12.8. The van der Waals surface area contributed by atoms with E-state index in [1.165, 1.54) is 6.07 Å². The Morgan fingerprint density at radius 1 is 0.903 bits per heavy atom. The highest BCUT2D eigenvalue weighted by Gasteiger charge is 2.22. The van der Waals surface area contributed by atoms with Gasteiger partial charge in [-0.3, -0.25) is 4.72 Å². The number of sulfonamides is 1. The summed E-state index contributed by atoms with van der Waals surface area (Å²) in [6, 6.07) is 22.9. The van der Waals surface area contributed by atoms with Crippen LogP contribution in [0.2, 0.25) is 0 Å². The third-order valence-corrected chi connectivity index (χ3v) is 6.28. The van der Waals surface area contributed by atoms with Gasteiger partial charge in [0.1, 0.15) is 5.58 Å². The molecule has 0 amide bonds. The Labute approximate surface area is 178 Å². The van der Waals surface area contributed by atoms with Crippen molar-refractivity contribution in [3.63, 3.8) is 0 Å². The molecule has 0 radical (unpaired) electrons. The summed E-state index contributed by atoms with van der Waals surface area (Å²) in [5.74, 6) is 1.10. The molecular weight excluding hydrogens is 414 g/mol. The zero-order chi connectivity index (χ0) is 21.4. The summed E-state index contributed by atoms with van der Waals surface area (Å²) in [6.07, 6.45) is 0. The summed E-state index contributed by atoms with van der Waals surface area (Å²) in [5.41, 5.74) is 2.57. The third kappa shape index (κ3) is 3.57. The van der Waals surface area contributed by atoms with Crippen molar-refractivity contribution in [1.29, 1.82) is 0 Å². The van der Waals surface area contributed by atoms with Crippen LogP contribution in [0.1, 0.15) is 5.56 Å². The van der Waals surface area contributed by atoms with Gasteiger partial charge in [-0.25, -0.2) is 8.42 Å². The summed E-state index contributed by atoms with van der Waals surface area (Å²) >= 11 is 0. The molecule has 154 valence electrons. The molecule has 8 heteroatoms. The fourth-order valence-electron chi connectivity index (χ4n) is 3.31. The van der Waals surface area contributed by atoms with Crippen LogP contribution in [0.4, 0.5) is 5.69 Å². The number of furan rings is 1. The quantitative estimate of drug-likeness (QED) is 0.408. The number of benzene rings is 3. The Morgan fingerprint density at radius 2 is 1.61 bits per heavy atom. The lowest BCUT2D eigenvalue weighted by molar-refractivity contribution is 0.419. The summed E-state index contributed by atoms with van der Waals surface area (Å²) in [6.45, 7) is 1.83. The molecular formula is C23H17N3O4S. The van der Waals surface area contributed by atoms with E-state index in [0.717, 1.165) is 11.1 Å². The zero-order valence-electron chi connectivity index (χ0n) is 16.4. The van der Waals surface area contributed by atoms with Gasteiger partial charge in [0, 0.05) is 22.2 Å². The van der Waals surface area contributed by atoms with Gasteiger partial charge in [0.2, 0.25) is 5.82 Å². The zero-order valence-corrected chi connectivity index (χ0v) is 17.3. The molecule has 0 atom stereocenters. The number of hydrogen-bond donors (Lipinski definition) is 1. The Balaban J connectivity index is 1.52. The van der Waals surface area contributed by atoms with Gasteiger partial charge in [-0.15, -0.1) is 0 Å². The van der Waals surface area contributed by atoms with Crippen LogP contribution in [0.3, 0.4) is 0 Å². The van der Waals surface area contributed by atoms with Crippen LogP contribution < -0.4 is 4.72 Å². The monoisotopic (exact) mass is 431 g/mol. The summed E-state index contributed by atoms with van der Waals surface area (Å²) in [4.78, 5) is 4.57. The lowest BCUT2D eigenvalue weighted by Crippen LogP contribution is -2.12. The minimum absolute atomic E-state index is 0.134. The fourth-order valence-corrected chi connectivity index (χ4v) is 4.40. The number of para-hydroxylation sites is 1. The lowest BCUT2D eigenvalue weighted by atomic mass is 10.1. The van der Waals surface area contributed by atoms with E-state index in [2.05, 4.69) is 14.9 Å². The molecule has 5 aromatic rings. The molecule has 31 heavy (non-hydrogen) atoms. The number of anilines is 1. The first kappa shape index (κ1) is 19.1. The molecule has 0 unspecified atom stereocenters. The maximum Gasteiger partial charge on any atom is 0.294 e. The van der Waals surface area contributed by atoms with Crippen LogP contribution in [0.5, 0.6) is 0 Å². The molecule has 5 rings (SSSR count). The molecule has 3 aromatic carbocycles. The second-order valence-electron chi connectivity index (χ2n) is 6.97. The van der Waals surface area contributed by atoms with Crippen LogP contribution in [0.25, 0.3) is 34.0 Å². The van der Waals surface area contributed by atoms with Crippen molar-refractivity contribution in [3.05, 3.63) is 84.4 Å². The van der Waals surface area contributed by atoms with Gasteiger partial charge >= 0.3 is 0 Å². The van der Waals surface area contributed by atoms with Gasteiger partial charge in [-0.05, 0) is 37.3 Å². The molecule has 0 saturated carbocycles. The Morgan fingerprint density at radius 3 is 2.35 bits per heavy atom. The van der Waals surface area contributed by atoms with Crippen molar-refractivity contribution < 1.29 is 17.4 Å². The standard InChI is InChI=1S/C23H17N3O4S/c1-15-19-14-18(31(27,28)26-17-10-6-3-7-11-17)12-13-20(19)29-21(15)23-24-22(25-30-23)16-8-4-2-5-9-16/h2-14,26H,1H3. The molecule has 2 aromatic heterocycles. The second-order valence-corrected chi connectivity index (χ2v) is 8.66. The van der Waals surface area contributed by atoms with Crippen molar-refractivity contribution in [2.45, 2.75) is 11.8 Å². The highest BCUT2D eigenvalue weighted by Crippen LogP contribution is 2.34. The molecule has 0 spiro atoms. The molecule has 0 aliphatic rings. The van der Waals surface area contributed by atoms with Crippen LogP contribution in [0.15, 0.2) is 92.7 Å². The largest absolute Gasteiger partial charge is 0.451 e. The van der Waals surface area contributed by atoms with Crippen LogP contribution in [-0.2, 0) is 10.0 Å². The number of aromatic nitrogens is 2. The van der Waals surface area contributed by atoms with Crippen molar-refractivity contribution in [1.82, 2.24) is 10.1 Å². The third-order valence-electron chi connectivity index (χ3n) is 4.90. The number of nitrogens with one attached hydrogen (secondary N) is 1. The molecule has 0 fully saturated rings. The highest BCUT2D eigenvalue weighted by molar-refractivity contribution is 7.92. The number of hydrogen-bond acceptors (Lipinski definition) is 6. The number of rotatable bonds is 5. The van der Waals surface area contributed by atoms with Gasteiger partial charge in [-0.1, -0.05) is 53.7 Å². The van der Waals surface area contributed by atoms with E-state index in [4.69, 9.17) is 8.94 Å². The molecule has 1 N–H and O–H groups in total. The Kier molecular flexibility index (Phi) is 4.56. The average molecular weight is 431 g/mol. The summed E-state index contributed by atoms with van der Waals surface area (Å²) in [7, 11) is -3.75. The topological polar surface area (TPSA) is 98.2 Å². The van der Waals surface area contributed by atoms with Crippen LogP contribution in [-0.4, -0.2) is 18.6 Å². The van der Waals surface area contributed by atoms with Crippen molar-refractivity contribution >= 4 is 26.7 Å². The minimum atomic E-state index is -3.75. The number of fused-ring (bicyclic) bond motifs is 1. The SMILES string of the molecule is Cc1c(-c2nc(-c3ccccc3)no2)oc2ccc(S(=O)(=O)Nc3ccccc3)cc12. The number of aryl methyl sites for hydroxylation is 1. The molecule has 7 nitrogen and oxygen atoms in total. The molecule has 0 aliphatic carbocycles. The lowest BCUT2D eigenvalue weighted by Gasteiger charge is -2.07. The van der Waals surface area contributed by atoms with Crippen molar-refractivity contribution in [2.24, 2.45) is 0 Å². The van der Waals surface area contributed by atoms with Gasteiger partial charge in [0.05, 0.1) is 4.90 Å². The van der Waals surface area contributed by atoms with E-state index in [0.29, 0.717) is 28.2 Å². The van der Waals surface area contributed by atoms with Gasteiger partial charge < -0.3 is 8.94 Å². The Bertz CT molecular complexity index is 1470. The van der Waals surface area contributed by atoms with Gasteiger partial charge in [0.25, 0.3) is 15.9 Å². The van der Waals surface area contributed by atoms with Crippen LogP contribution in [0, 0.1) is 6.92 Å².